The molecule has 0 aliphatic carbocycles. The van der Waals surface area contributed by atoms with Crippen LogP contribution in [-0.4, -0.2) is 117 Å². The van der Waals surface area contributed by atoms with Gasteiger partial charge in [-0.3, -0.25) is 9.88 Å². The Hall–Kier alpha value is -4.54. The predicted octanol–water partition coefficient (Wildman–Crippen LogP) is 4.68. The highest BCUT2D eigenvalue weighted by Gasteiger charge is 2.40. The minimum absolute atomic E-state index is 0.0112. The van der Waals surface area contributed by atoms with Crippen molar-refractivity contribution in [3.63, 3.8) is 0 Å². The van der Waals surface area contributed by atoms with Crippen molar-refractivity contribution in [2.24, 2.45) is 10.1 Å². The molecule has 4 atom stereocenters. The number of nitrogens with zero attached hydrogens (tertiary/aromatic N) is 10. The second-order valence-corrected chi connectivity index (χ2v) is 13.0. The number of aliphatic hydroxyl groups excluding tert-OH is 1. The van der Waals surface area contributed by atoms with E-state index < -0.39 is 23.9 Å². The van der Waals surface area contributed by atoms with Gasteiger partial charge in [-0.1, -0.05) is 6.07 Å². The highest BCUT2D eigenvalue weighted by molar-refractivity contribution is 6.17. The van der Waals surface area contributed by atoms with E-state index in [0.717, 1.165) is 29.0 Å². The zero-order valence-corrected chi connectivity index (χ0v) is 30.0. The maximum Gasteiger partial charge on any atom is 0.153 e. The number of hydrazine groups is 1. The number of likely N-dealkylation sites (tertiary alicyclic amines) is 1. The molecule has 270 valence electrons. The van der Waals surface area contributed by atoms with E-state index in [1.807, 2.05) is 48.0 Å². The third-order valence-corrected chi connectivity index (χ3v) is 9.64. The van der Waals surface area contributed by atoms with Crippen molar-refractivity contribution >= 4 is 47.1 Å². The molecule has 0 radical (unpaired) electrons. The molecule has 1 saturated heterocycles. The molecule has 0 saturated carbocycles. The molecule has 4 bridgehead atoms. The van der Waals surface area contributed by atoms with Crippen LogP contribution in [0.4, 0.5) is 20.3 Å². The van der Waals surface area contributed by atoms with Gasteiger partial charge < -0.3 is 24.6 Å². The summed E-state index contributed by atoms with van der Waals surface area (Å²) in [5, 5.41) is 22.7. The summed E-state index contributed by atoms with van der Waals surface area (Å²) in [7, 11) is 5.15. The van der Waals surface area contributed by atoms with Gasteiger partial charge in [0, 0.05) is 51.1 Å². The Labute approximate surface area is 300 Å². The van der Waals surface area contributed by atoms with Crippen LogP contribution in [0.1, 0.15) is 19.2 Å². The van der Waals surface area contributed by atoms with Crippen molar-refractivity contribution < 1.29 is 18.6 Å². The molecule has 2 aliphatic rings. The number of rotatable bonds is 8. The van der Waals surface area contributed by atoms with Gasteiger partial charge in [0.15, 0.2) is 5.82 Å². The first kappa shape index (κ1) is 36.3. The van der Waals surface area contributed by atoms with Crippen LogP contribution in [0.25, 0.3) is 22.4 Å². The van der Waals surface area contributed by atoms with Crippen molar-refractivity contribution in [1.29, 1.82) is 0 Å². The topological polar surface area (TPSA) is 123 Å². The summed E-state index contributed by atoms with van der Waals surface area (Å²) < 4.78 is 36.6. The molecular weight excluding hydrogens is 680 g/mol. The molecule has 13 nitrogen and oxygen atoms in total. The Morgan fingerprint density at radius 2 is 2.00 bits per heavy atom. The number of aromatic nitrogens is 4. The maximum atomic E-state index is 14.8. The summed E-state index contributed by atoms with van der Waals surface area (Å²) in [6.45, 7) is 8.95. The standard InChI is InChI=1S/C35H42ClF2N11O2/c1-21(16-41-49(46(5)20-36)29-11-10-23(37)14-26(29)38)34(39-3)48-17-24-15-30(48)35(50)45(4)18-25(51-6)19-47-22(2)42-28-12-13-40-32(33(28)47)27-8-7-9-31(43-24)44-27/h7-14,16,24-25,30,35,50H,3,15,17-20H2,1-2,4-6H3,(H,43,44)/b34-21-,41-16-. The number of hydrogen-bond acceptors (Lipinski definition) is 12. The summed E-state index contributed by atoms with van der Waals surface area (Å²) >= 11 is 6.09. The number of halogens is 3. The predicted molar refractivity (Wildman–Crippen MR) is 196 cm³/mol. The molecule has 51 heavy (non-hydrogen) atoms. The van der Waals surface area contributed by atoms with Crippen molar-refractivity contribution in [1.82, 2.24) is 34.3 Å². The van der Waals surface area contributed by atoms with E-state index in [1.54, 1.807) is 27.3 Å². The first-order valence-electron chi connectivity index (χ1n) is 16.5. The molecule has 16 heteroatoms. The van der Waals surface area contributed by atoms with E-state index >= 15 is 0 Å². The maximum absolute atomic E-state index is 14.8. The second-order valence-electron chi connectivity index (χ2n) is 12.8. The van der Waals surface area contributed by atoms with Gasteiger partial charge >= 0.3 is 0 Å². The monoisotopic (exact) mass is 721 g/mol. The Bertz CT molecular complexity index is 1960. The van der Waals surface area contributed by atoms with Gasteiger partial charge in [0.2, 0.25) is 0 Å². The normalized spacial score (nSPS) is 21.8. The molecule has 4 aromatic rings. The summed E-state index contributed by atoms with van der Waals surface area (Å²) in [6, 6.07) is 10.3. The number of ether oxygens (including phenoxy) is 1. The number of likely N-dealkylation sites (N-methyl/N-ethyl adjacent to an activating group) is 1. The molecule has 0 amide bonds. The zero-order valence-electron chi connectivity index (χ0n) is 29.2. The summed E-state index contributed by atoms with van der Waals surface area (Å²) in [6.07, 6.45) is 2.55. The first-order valence-corrected chi connectivity index (χ1v) is 17.0. The third kappa shape index (κ3) is 7.44. The van der Waals surface area contributed by atoms with Gasteiger partial charge in [0.25, 0.3) is 0 Å². The van der Waals surface area contributed by atoms with Crippen LogP contribution in [0.3, 0.4) is 0 Å². The minimum atomic E-state index is -0.939. The van der Waals surface area contributed by atoms with E-state index in [9.17, 15) is 13.9 Å². The lowest BCUT2D eigenvalue weighted by atomic mass is 10.1. The number of alkyl halides is 1. The Morgan fingerprint density at radius 1 is 1.20 bits per heavy atom. The van der Waals surface area contributed by atoms with Crippen LogP contribution in [-0.2, 0) is 11.3 Å². The molecule has 1 aromatic carbocycles. The molecule has 1 fully saturated rings. The third-order valence-electron chi connectivity index (χ3n) is 9.30. The van der Waals surface area contributed by atoms with Gasteiger partial charge in [-0.25, -0.2) is 23.7 Å². The highest BCUT2D eigenvalue weighted by atomic mass is 35.5. The number of hydrogen-bond donors (Lipinski definition) is 2. The summed E-state index contributed by atoms with van der Waals surface area (Å²) in [4.78, 5) is 22.8. The number of aliphatic imine (C=N–C) groups is 1. The van der Waals surface area contributed by atoms with Gasteiger partial charge in [-0.2, -0.15) is 15.2 Å². The van der Waals surface area contributed by atoms with E-state index in [1.165, 1.54) is 22.4 Å². The van der Waals surface area contributed by atoms with Crippen molar-refractivity contribution in [2.45, 2.75) is 51.2 Å². The van der Waals surface area contributed by atoms with Crippen LogP contribution in [0, 0.1) is 18.6 Å². The summed E-state index contributed by atoms with van der Waals surface area (Å²) in [5.74, 6) is 0.445. The lowest BCUT2D eigenvalue weighted by Crippen LogP contribution is -2.50. The number of allylic oxidation sites excluding steroid dienone is 1. The number of aliphatic hydroxyl groups is 1. The van der Waals surface area contributed by atoms with Gasteiger partial charge in [0.1, 0.15) is 40.9 Å². The van der Waals surface area contributed by atoms with Crippen molar-refractivity contribution in [3.05, 3.63) is 77.5 Å². The Morgan fingerprint density at radius 3 is 2.73 bits per heavy atom. The smallest absolute Gasteiger partial charge is 0.153 e. The van der Waals surface area contributed by atoms with Crippen molar-refractivity contribution in [2.75, 3.05) is 50.7 Å². The van der Waals surface area contributed by atoms with Crippen molar-refractivity contribution in [3.8, 4) is 11.4 Å². The average molecular weight is 722 g/mol. The van der Waals surface area contributed by atoms with E-state index in [2.05, 4.69) is 26.7 Å². The summed E-state index contributed by atoms with van der Waals surface area (Å²) in [5.41, 5.74) is 3.70. The minimum Gasteiger partial charge on any atom is -0.378 e. The van der Waals surface area contributed by atoms with Gasteiger partial charge in [-0.15, -0.1) is 11.6 Å². The molecule has 0 spiro atoms. The number of anilines is 2. The average Bonchev–Trinajstić information content (AvgIpc) is 3.67. The van der Waals surface area contributed by atoms with Crippen LogP contribution in [0.15, 0.2) is 70.1 Å². The largest absolute Gasteiger partial charge is 0.378 e. The lowest BCUT2D eigenvalue weighted by molar-refractivity contribution is -0.0550. The lowest BCUT2D eigenvalue weighted by Gasteiger charge is -2.36. The SMILES string of the molecule is C=N/C(=C(C)/C=N\N(c1ccc(F)cc1F)N(C)CCl)N1CC2CC1C(O)N(C)CC(OC)Cn1c(C)nc3ccnc(c31)-c1cccc(n1)N2. The van der Waals surface area contributed by atoms with E-state index in [-0.39, 0.29) is 23.8 Å². The Balaban J connectivity index is 1.38. The molecule has 6 rings (SSSR count). The molecule has 2 N–H and O–H groups in total. The molecular formula is C35H42ClF2N11O2. The number of nitrogens with one attached hydrogen (secondary N) is 1. The first-order chi connectivity index (χ1) is 24.5. The van der Waals surface area contributed by atoms with E-state index in [4.69, 9.17) is 31.3 Å². The highest BCUT2D eigenvalue weighted by Crippen LogP contribution is 2.32. The number of pyridine rings is 2. The van der Waals surface area contributed by atoms with Crippen LogP contribution in [0.5, 0.6) is 0 Å². The fourth-order valence-electron chi connectivity index (χ4n) is 6.76. The molecule has 2 aliphatic heterocycles. The number of benzene rings is 1. The second kappa shape index (κ2) is 15.4. The number of imidazole rings is 1. The number of methoxy groups -OCH3 is 1. The molecule has 3 aromatic heterocycles. The quantitative estimate of drug-likeness (QED) is 0.115. The fraction of sp³-hybridized carbons (Fsp3) is 0.400. The Kier molecular flexibility index (Phi) is 10.9. The zero-order chi connectivity index (χ0) is 36.4. The van der Waals surface area contributed by atoms with E-state index in [0.29, 0.717) is 54.7 Å². The van der Waals surface area contributed by atoms with Crippen LogP contribution >= 0.6 is 11.6 Å². The molecule has 4 unspecified atom stereocenters. The van der Waals surface area contributed by atoms with Crippen LogP contribution in [0.2, 0.25) is 0 Å². The molecule has 5 heterocycles. The number of aryl methyl sites for hydroxylation is 1. The number of fused-ring (bicyclic) bond motifs is 5. The van der Waals surface area contributed by atoms with Crippen LogP contribution < -0.4 is 10.4 Å². The fourth-order valence-corrected chi connectivity index (χ4v) is 6.86. The van der Waals surface area contributed by atoms with Gasteiger partial charge in [-0.05, 0) is 64.4 Å². The van der Waals surface area contributed by atoms with Gasteiger partial charge in [0.05, 0.1) is 47.6 Å². The number of hydrazone groups is 1.